The van der Waals surface area contributed by atoms with Crippen LogP contribution in [0.15, 0.2) is 60.7 Å². The molecule has 0 spiro atoms. The number of hydrogen-bond acceptors (Lipinski definition) is 6. The number of nitrogens with zero attached hydrogens (tertiary/aromatic N) is 3. The number of carbonyl (C=O) groups is 1. The summed E-state index contributed by atoms with van der Waals surface area (Å²) >= 11 is 0. The minimum Gasteiger partial charge on any atom is -0.493 e. The van der Waals surface area contributed by atoms with Crippen LogP contribution in [0.5, 0.6) is 11.5 Å². The summed E-state index contributed by atoms with van der Waals surface area (Å²) in [5, 5.41) is 17.6. The van der Waals surface area contributed by atoms with Crippen molar-refractivity contribution >= 4 is 11.6 Å². The Bertz CT molecular complexity index is 1410. The van der Waals surface area contributed by atoms with Crippen LogP contribution >= 0.6 is 0 Å². The Kier molecular flexibility index (Phi) is 5.74. The summed E-state index contributed by atoms with van der Waals surface area (Å²) in [6, 6.07) is 19.7. The van der Waals surface area contributed by atoms with E-state index in [-0.39, 0.29) is 11.3 Å². The van der Waals surface area contributed by atoms with Crippen molar-refractivity contribution in [2.45, 2.75) is 32.6 Å². The van der Waals surface area contributed by atoms with E-state index < -0.39 is 5.41 Å². The Morgan fingerprint density at radius 1 is 0.944 bits per heavy atom. The molecule has 1 atom stereocenters. The van der Waals surface area contributed by atoms with E-state index in [0.717, 1.165) is 28.7 Å². The van der Waals surface area contributed by atoms with E-state index in [0.29, 0.717) is 23.0 Å². The quantitative estimate of drug-likeness (QED) is 0.376. The van der Waals surface area contributed by atoms with Crippen LogP contribution in [0.2, 0.25) is 0 Å². The number of methoxy groups -OCH3 is 2. The molecule has 1 saturated carbocycles. The van der Waals surface area contributed by atoms with Crippen molar-refractivity contribution in [2.75, 3.05) is 19.5 Å². The second kappa shape index (κ2) is 8.78. The second-order valence-corrected chi connectivity index (χ2v) is 9.87. The van der Waals surface area contributed by atoms with E-state index >= 15 is 0 Å². The average Bonchev–Trinajstić information content (AvgIpc) is 3.21. The first-order valence-electron chi connectivity index (χ1n) is 11.8. The van der Waals surface area contributed by atoms with Gasteiger partial charge < -0.3 is 14.8 Å². The van der Waals surface area contributed by atoms with Crippen LogP contribution in [0.1, 0.15) is 31.4 Å². The van der Waals surface area contributed by atoms with Crippen LogP contribution < -0.4 is 14.8 Å². The van der Waals surface area contributed by atoms with Crippen LogP contribution in [0.25, 0.3) is 22.5 Å². The number of rotatable bonds is 7. The van der Waals surface area contributed by atoms with Gasteiger partial charge >= 0.3 is 0 Å². The summed E-state index contributed by atoms with van der Waals surface area (Å²) in [6.45, 7) is 6.32. The Morgan fingerprint density at radius 3 is 2.28 bits per heavy atom. The first kappa shape index (κ1) is 23.5. The average molecular weight is 484 g/mol. The molecule has 1 aliphatic carbocycles. The van der Waals surface area contributed by atoms with Gasteiger partial charge in [0, 0.05) is 11.3 Å². The monoisotopic (exact) mass is 483 g/mol. The van der Waals surface area contributed by atoms with Gasteiger partial charge in [0.1, 0.15) is 0 Å². The molecule has 184 valence electrons. The number of amides is 1. The highest BCUT2D eigenvalue weighted by Gasteiger charge is 2.67. The van der Waals surface area contributed by atoms with Gasteiger partial charge in [0.15, 0.2) is 17.3 Å². The van der Waals surface area contributed by atoms with Crippen LogP contribution in [-0.4, -0.2) is 40.8 Å². The van der Waals surface area contributed by atoms with Gasteiger partial charge in [0.25, 0.3) is 0 Å². The van der Waals surface area contributed by atoms with Gasteiger partial charge in [-0.05, 0) is 70.1 Å². The van der Waals surface area contributed by atoms with Crippen molar-refractivity contribution in [2.24, 2.45) is 5.41 Å². The zero-order chi connectivity index (χ0) is 25.5. The van der Waals surface area contributed by atoms with E-state index in [1.54, 1.807) is 14.2 Å². The number of anilines is 1. The van der Waals surface area contributed by atoms with Crippen LogP contribution in [0.3, 0.4) is 0 Å². The lowest BCUT2D eigenvalue weighted by atomic mass is 9.86. The molecule has 0 bridgehead atoms. The van der Waals surface area contributed by atoms with Crippen LogP contribution in [0.4, 0.5) is 5.69 Å². The number of nitrogens with one attached hydrogen (secondary N) is 2. The zero-order valence-corrected chi connectivity index (χ0v) is 21.0. The predicted molar refractivity (Wildman–Crippen MR) is 138 cm³/mol. The lowest BCUT2D eigenvalue weighted by molar-refractivity contribution is -0.119. The van der Waals surface area contributed by atoms with Gasteiger partial charge in [-0.1, -0.05) is 55.8 Å². The highest BCUT2D eigenvalue weighted by atomic mass is 16.5. The molecule has 2 N–H and O–H groups in total. The second-order valence-electron chi connectivity index (χ2n) is 9.87. The third-order valence-electron chi connectivity index (χ3n) is 7.24. The van der Waals surface area contributed by atoms with Crippen LogP contribution in [0, 0.1) is 12.3 Å². The molecule has 5 rings (SSSR count). The molecule has 3 aromatic carbocycles. The molecule has 36 heavy (non-hydrogen) atoms. The molecule has 8 heteroatoms. The molecule has 1 fully saturated rings. The van der Waals surface area contributed by atoms with E-state index in [2.05, 4.69) is 71.0 Å². The lowest BCUT2D eigenvalue weighted by Gasteiger charge is -2.21. The van der Waals surface area contributed by atoms with Crippen molar-refractivity contribution < 1.29 is 14.3 Å². The van der Waals surface area contributed by atoms with Crippen molar-refractivity contribution in [3.8, 4) is 34.0 Å². The molecular weight excluding hydrogens is 454 g/mol. The number of carbonyl (C=O) groups excluding carboxylic acids is 1. The molecule has 1 unspecified atom stereocenters. The summed E-state index contributed by atoms with van der Waals surface area (Å²) < 4.78 is 10.9. The third-order valence-corrected chi connectivity index (χ3v) is 7.24. The molecule has 1 heterocycles. The van der Waals surface area contributed by atoms with Crippen molar-refractivity contribution in [1.82, 2.24) is 20.6 Å². The van der Waals surface area contributed by atoms with Gasteiger partial charge in [-0.15, -0.1) is 5.10 Å². The summed E-state index contributed by atoms with van der Waals surface area (Å²) in [4.78, 5) is 13.7. The minimum atomic E-state index is -0.573. The Morgan fingerprint density at radius 2 is 1.67 bits per heavy atom. The van der Waals surface area contributed by atoms with Crippen molar-refractivity contribution in [3.63, 3.8) is 0 Å². The maximum absolute atomic E-state index is 13.7. The van der Waals surface area contributed by atoms with Gasteiger partial charge in [0.05, 0.1) is 19.6 Å². The number of aryl methyl sites for hydroxylation is 1. The summed E-state index contributed by atoms with van der Waals surface area (Å²) in [5.41, 5.74) is 4.71. The minimum absolute atomic E-state index is 0.0168. The maximum atomic E-state index is 13.7. The predicted octanol–water partition coefficient (Wildman–Crippen LogP) is 5.17. The number of benzene rings is 3. The first-order chi connectivity index (χ1) is 17.3. The van der Waals surface area contributed by atoms with Gasteiger partial charge in [-0.25, -0.2) is 5.10 Å². The molecular formula is C28H29N5O3. The highest BCUT2D eigenvalue weighted by Crippen LogP contribution is 2.64. The fourth-order valence-corrected chi connectivity index (χ4v) is 5.05. The molecule has 1 aliphatic rings. The van der Waals surface area contributed by atoms with Gasteiger partial charge in [0.2, 0.25) is 5.91 Å². The highest BCUT2D eigenvalue weighted by molar-refractivity contribution is 6.03. The number of aromatic nitrogens is 4. The van der Waals surface area contributed by atoms with E-state index in [1.807, 2.05) is 36.4 Å². The zero-order valence-electron chi connectivity index (χ0n) is 21.0. The fourth-order valence-electron chi connectivity index (χ4n) is 5.05. The Hall–Kier alpha value is -4.20. The number of ether oxygens (including phenoxy) is 2. The van der Waals surface area contributed by atoms with E-state index in [4.69, 9.17) is 9.47 Å². The standard InChI is InChI=1S/C28H29N5O3/c1-17-6-9-19(10-7-17)28(16-27(28,2)3)26(34)29-20-11-12-21(22(15-20)25-30-32-33-31-25)18-8-13-23(35-4)24(14-18)36-5/h6-15H,16H2,1-5H3,(H,29,34)(H,30,31,32,33). The Balaban J connectivity index is 1.52. The normalized spacial score (nSPS) is 17.9. The molecule has 0 radical (unpaired) electrons. The summed E-state index contributed by atoms with van der Waals surface area (Å²) in [6.07, 6.45) is 0.789. The first-order valence-corrected chi connectivity index (χ1v) is 11.8. The molecule has 1 amide bonds. The van der Waals surface area contributed by atoms with E-state index in [9.17, 15) is 4.79 Å². The fraction of sp³-hybridized carbons (Fsp3) is 0.286. The SMILES string of the molecule is COc1ccc(-c2ccc(NC(=O)C3(c4ccc(C)cc4)CC3(C)C)cc2-c2nnn[nH]2)cc1OC. The maximum Gasteiger partial charge on any atom is 0.235 e. The van der Waals surface area contributed by atoms with Crippen LogP contribution in [-0.2, 0) is 10.2 Å². The van der Waals surface area contributed by atoms with Gasteiger partial charge in [-0.2, -0.15) is 0 Å². The number of aromatic amines is 1. The summed E-state index contributed by atoms with van der Waals surface area (Å²) in [7, 11) is 3.20. The largest absolute Gasteiger partial charge is 0.493 e. The number of hydrogen-bond donors (Lipinski definition) is 2. The Labute approximate surface area is 210 Å². The smallest absolute Gasteiger partial charge is 0.235 e. The van der Waals surface area contributed by atoms with Crippen molar-refractivity contribution in [3.05, 3.63) is 71.8 Å². The molecule has 0 saturated heterocycles. The topological polar surface area (TPSA) is 102 Å². The van der Waals surface area contributed by atoms with E-state index in [1.165, 1.54) is 5.56 Å². The molecule has 8 nitrogen and oxygen atoms in total. The molecule has 0 aliphatic heterocycles. The number of H-pyrrole nitrogens is 1. The van der Waals surface area contributed by atoms with Gasteiger partial charge in [-0.3, -0.25) is 4.79 Å². The summed E-state index contributed by atoms with van der Waals surface area (Å²) in [5.74, 6) is 1.74. The molecule has 4 aromatic rings. The van der Waals surface area contributed by atoms with Crippen molar-refractivity contribution in [1.29, 1.82) is 0 Å². The number of tetrazole rings is 1. The molecule has 1 aromatic heterocycles. The third kappa shape index (κ3) is 3.88. The lowest BCUT2D eigenvalue weighted by Crippen LogP contribution is -2.32.